The summed E-state index contributed by atoms with van der Waals surface area (Å²) >= 11 is 0. The average Bonchev–Trinajstić information content (AvgIpc) is 3.01. The summed E-state index contributed by atoms with van der Waals surface area (Å²) in [7, 11) is 4.08. The van der Waals surface area contributed by atoms with Crippen molar-refractivity contribution in [3.05, 3.63) is 64.2 Å². The van der Waals surface area contributed by atoms with Gasteiger partial charge in [0.2, 0.25) is 0 Å². The number of amides is 1. The molecule has 2 aromatic rings. The summed E-state index contributed by atoms with van der Waals surface area (Å²) in [6, 6.07) is 12.4. The number of likely N-dealkylation sites (N-methyl/N-ethyl adjacent to an activating group) is 1. The molecule has 0 saturated carbocycles. The Bertz CT molecular complexity index is 763. The molecule has 3 rings (SSSR count). The minimum absolute atomic E-state index is 0.0249. The highest BCUT2D eigenvalue weighted by atomic mass is 16.5. The molecule has 1 aliphatic rings. The summed E-state index contributed by atoms with van der Waals surface area (Å²) in [6.07, 6.45) is 0.957. The third kappa shape index (κ3) is 4.02. The van der Waals surface area contributed by atoms with Crippen molar-refractivity contribution in [1.29, 1.82) is 0 Å². The number of hydrogen-bond donors (Lipinski definition) is 1. The molecule has 1 amide bonds. The summed E-state index contributed by atoms with van der Waals surface area (Å²) < 4.78 is 5.59. The Kier molecular flexibility index (Phi) is 5.09. The normalized spacial score (nSPS) is 14.1. The fraction of sp³-hybridized carbons (Fsp3) is 0.381. The zero-order valence-electron chi connectivity index (χ0n) is 15.4. The first-order valence-corrected chi connectivity index (χ1v) is 8.72. The fourth-order valence-electron chi connectivity index (χ4n) is 3.41. The topological polar surface area (TPSA) is 41.6 Å². The molecule has 4 nitrogen and oxygen atoms in total. The van der Waals surface area contributed by atoms with Gasteiger partial charge in [-0.3, -0.25) is 4.79 Å². The van der Waals surface area contributed by atoms with Crippen LogP contribution in [0.4, 0.5) is 0 Å². The zero-order chi connectivity index (χ0) is 18.0. The Labute approximate surface area is 149 Å². The number of hydrogen-bond acceptors (Lipinski definition) is 3. The molecule has 1 unspecified atom stereocenters. The van der Waals surface area contributed by atoms with Gasteiger partial charge in [-0.05, 0) is 57.3 Å². The lowest BCUT2D eigenvalue weighted by molar-refractivity contribution is 0.0941. The van der Waals surface area contributed by atoms with Crippen molar-refractivity contribution in [2.24, 2.45) is 0 Å². The maximum absolute atomic E-state index is 12.5. The van der Waals surface area contributed by atoms with Crippen LogP contribution >= 0.6 is 0 Å². The van der Waals surface area contributed by atoms with Gasteiger partial charge in [0.05, 0.1) is 12.6 Å². The minimum Gasteiger partial charge on any atom is -0.493 e. The van der Waals surface area contributed by atoms with Crippen molar-refractivity contribution in [1.82, 2.24) is 10.2 Å². The number of nitrogens with one attached hydrogen (secondary N) is 1. The van der Waals surface area contributed by atoms with Gasteiger partial charge in [-0.2, -0.15) is 0 Å². The standard InChI is InChI=1S/C21H26N2O2/c1-14-9-15(2)11-18(10-14)21(24)22-13-19(23(3)4)16-5-6-20-17(12-16)7-8-25-20/h5-6,9-12,19H,7-8,13H2,1-4H3,(H,22,24). The molecule has 0 radical (unpaired) electrons. The number of ether oxygens (including phenoxy) is 1. The number of carbonyl (C=O) groups is 1. The first kappa shape index (κ1) is 17.5. The van der Waals surface area contributed by atoms with Crippen LogP contribution in [0.1, 0.15) is 38.7 Å². The van der Waals surface area contributed by atoms with Crippen molar-refractivity contribution in [2.45, 2.75) is 26.3 Å². The smallest absolute Gasteiger partial charge is 0.251 e. The van der Waals surface area contributed by atoms with E-state index in [1.165, 1.54) is 11.1 Å². The molecular weight excluding hydrogens is 312 g/mol. The Balaban J connectivity index is 1.73. The Morgan fingerprint density at radius 1 is 1.16 bits per heavy atom. The van der Waals surface area contributed by atoms with Crippen LogP contribution in [0.5, 0.6) is 5.75 Å². The summed E-state index contributed by atoms with van der Waals surface area (Å²) in [6.45, 7) is 5.35. The Hall–Kier alpha value is -2.33. The number of aryl methyl sites for hydroxylation is 2. The monoisotopic (exact) mass is 338 g/mol. The first-order valence-electron chi connectivity index (χ1n) is 8.72. The van der Waals surface area contributed by atoms with E-state index in [2.05, 4.69) is 28.4 Å². The molecule has 1 N–H and O–H groups in total. The SMILES string of the molecule is Cc1cc(C)cc(C(=O)NCC(c2ccc3c(c2)CCO3)N(C)C)c1. The van der Waals surface area contributed by atoms with E-state index in [1.54, 1.807) is 0 Å². The predicted octanol–water partition coefficient (Wildman–Crippen LogP) is 3.27. The van der Waals surface area contributed by atoms with Crippen molar-refractivity contribution >= 4 is 5.91 Å². The van der Waals surface area contributed by atoms with Crippen molar-refractivity contribution in [3.63, 3.8) is 0 Å². The maximum atomic E-state index is 12.5. The van der Waals surface area contributed by atoms with E-state index in [0.29, 0.717) is 6.54 Å². The lowest BCUT2D eigenvalue weighted by atomic mass is 10.0. The third-order valence-electron chi connectivity index (χ3n) is 4.66. The summed E-state index contributed by atoms with van der Waals surface area (Å²) in [5, 5.41) is 3.09. The summed E-state index contributed by atoms with van der Waals surface area (Å²) in [5.41, 5.74) is 5.39. The largest absolute Gasteiger partial charge is 0.493 e. The van der Waals surface area contributed by atoms with Crippen LogP contribution in [0.15, 0.2) is 36.4 Å². The molecule has 0 fully saturated rings. The lowest BCUT2D eigenvalue weighted by Gasteiger charge is -2.25. The van der Waals surface area contributed by atoms with E-state index in [1.807, 2.05) is 46.1 Å². The maximum Gasteiger partial charge on any atom is 0.251 e. The van der Waals surface area contributed by atoms with Gasteiger partial charge in [0, 0.05) is 18.5 Å². The fourth-order valence-corrected chi connectivity index (χ4v) is 3.41. The number of rotatable bonds is 5. The number of carbonyl (C=O) groups excluding carboxylic acids is 1. The van der Waals surface area contributed by atoms with Gasteiger partial charge in [0.25, 0.3) is 5.91 Å². The van der Waals surface area contributed by atoms with Gasteiger partial charge in [-0.1, -0.05) is 29.3 Å². The molecule has 0 aliphatic carbocycles. The molecule has 2 aromatic carbocycles. The second-order valence-electron chi connectivity index (χ2n) is 7.03. The van der Waals surface area contributed by atoms with Crippen molar-refractivity contribution < 1.29 is 9.53 Å². The van der Waals surface area contributed by atoms with E-state index >= 15 is 0 Å². The van der Waals surface area contributed by atoms with E-state index < -0.39 is 0 Å². The molecular formula is C21H26N2O2. The number of fused-ring (bicyclic) bond motifs is 1. The van der Waals surface area contributed by atoms with Gasteiger partial charge in [0.1, 0.15) is 5.75 Å². The quantitative estimate of drug-likeness (QED) is 0.910. The molecule has 1 atom stereocenters. The highest BCUT2D eigenvalue weighted by Gasteiger charge is 2.19. The Morgan fingerprint density at radius 2 is 1.88 bits per heavy atom. The second-order valence-corrected chi connectivity index (χ2v) is 7.03. The number of nitrogens with zero attached hydrogens (tertiary/aromatic N) is 1. The van der Waals surface area contributed by atoms with Crippen molar-refractivity contribution in [3.8, 4) is 5.75 Å². The van der Waals surface area contributed by atoms with Gasteiger partial charge in [-0.15, -0.1) is 0 Å². The van der Waals surface area contributed by atoms with Crippen LogP contribution in [0, 0.1) is 13.8 Å². The summed E-state index contributed by atoms with van der Waals surface area (Å²) in [5.74, 6) is 0.962. The predicted molar refractivity (Wildman–Crippen MR) is 100 cm³/mol. The molecule has 25 heavy (non-hydrogen) atoms. The molecule has 0 saturated heterocycles. The van der Waals surface area contributed by atoms with Gasteiger partial charge < -0.3 is 15.0 Å². The molecule has 132 valence electrons. The van der Waals surface area contributed by atoms with Crippen LogP contribution in [0.2, 0.25) is 0 Å². The van der Waals surface area contributed by atoms with E-state index in [4.69, 9.17) is 4.74 Å². The van der Waals surface area contributed by atoms with Crippen LogP contribution in [-0.4, -0.2) is 38.1 Å². The molecule has 1 heterocycles. The molecule has 0 bridgehead atoms. The number of benzene rings is 2. The van der Waals surface area contributed by atoms with Crippen LogP contribution in [0.25, 0.3) is 0 Å². The highest BCUT2D eigenvalue weighted by Crippen LogP contribution is 2.29. The van der Waals surface area contributed by atoms with Crippen molar-refractivity contribution in [2.75, 3.05) is 27.2 Å². The molecule has 4 heteroatoms. The third-order valence-corrected chi connectivity index (χ3v) is 4.66. The molecule has 0 aromatic heterocycles. The van der Waals surface area contributed by atoms with Crippen LogP contribution in [-0.2, 0) is 6.42 Å². The van der Waals surface area contributed by atoms with Crippen LogP contribution in [0.3, 0.4) is 0 Å². The van der Waals surface area contributed by atoms with Gasteiger partial charge in [-0.25, -0.2) is 0 Å². The lowest BCUT2D eigenvalue weighted by Crippen LogP contribution is -2.34. The van der Waals surface area contributed by atoms with E-state index in [0.717, 1.165) is 35.5 Å². The Morgan fingerprint density at radius 3 is 2.56 bits per heavy atom. The molecule has 0 spiro atoms. The summed E-state index contributed by atoms with van der Waals surface area (Å²) in [4.78, 5) is 14.7. The molecule has 1 aliphatic heterocycles. The first-order chi connectivity index (χ1) is 11.9. The average molecular weight is 338 g/mol. The second kappa shape index (κ2) is 7.28. The van der Waals surface area contributed by atoms with Gasteiger partial charge >= 0.3 is 0 Å². The van der Waals surface area contributed by atoms with E-state index in [-0.39, 0.29) is 11.9 Å². The zero-order valence-corrected chi connectivity index (χ0v) is 15.4. The van der Waals surface area contributed by atoms with E-state index in [9.17, 15) is 4.79 Å². The minimum atomic E-state index is -0.0249. The highest BCUT2D eigenvalue weighted by molar-refractivity contribution is 5.94. The van der Waals surface area contributed by atoms with Crippen LogP contribution < -0.4 is 10.1 Å². The van der Waals surface area contributed by atoms with Gasteiger partial charge in [0.15, 0.2) is 0 Å².